The fraction of sp³-hybridized carbons (Fsp3) is 0.902. The molecular formula is C61H103NO5Se. The zero-order valence-corrected chi connectivity index (χ0v) is 46.0. The summed E-state index contributed by atoms with van der Waals surface area (Å²) >= 11 is 0.161. The second kappa shape index (κ2) is 21.9. The molecule has 0 aliphatic heterocycles. The first-order valence-electron chi connectivity index (χ1n) is 28.7. The van der Waals surface area contributed by atoms with Crippen molar-refractivity contribution >= 4 is 25.1 Å². The van der Waals surface area contributed by atoms with Crippen molar-refractivity contribution in [1.82, 2.24) is 0 Å². The number of aliphatic hydroxyl groups is 3. The summed E-state index contributed by atoms with van der Waals surface area (Å²) < 4.78 is 0.935. The Labute approximate surface area is 423 Å². The number of hydrogen-bond acceptors (Lipinski definition) is 5. The number of para-hydroxylation sites is 1. The van der Waals surface area contributed by atoms with Crippen LogP contribution in [0.25, 0.3) is 0 Å². The van der Waals surface area contributed by atoms with Crippen molar-refractivity contribution in [2.45, 2.75) is 223 Å². The standard InChI is InChI=1S/C33H51NO3Se.C27H48O2.CH4/c1-6-23-27-20-21(2)15-17-33(27,5)26-16-18-32(4)24(13-14-25(32)30(26)31(23)35)22(3)10-9-19-38-29-12-8-7-11-28(29)34(36)37;1-6-19-23-16-17(2)11-13-27(23,5)22-12-14-26(4)20(18(3)8-7-15-28)9-10-21(26)24(22)25(19)29;/h7-8,11-12,21-27,30-31,35H,6,9-10,13-20H2,1-5H3;17-25,28-29H,6-16H2,1-5H3;1H4/t21-,22-,23-,24-,25+,26+,27+,30+,31-,32-,33-;17-,18-,19-,20-,21+,22+,23+,24+,25-,26-,27-;/m11./s1. The van der Waals surface area contributed by atoms with E-state index in [0.29, 0.717) is 93.1 Å². The summed E-state index contributed by atoms with van der Waals surface area (Å²) in [6.45, 7) is 25.3. The Kier molecular flexibility index (Phi) is 17.6. The molecule has 0 heterocycles. The van der Waals surface area contributed by atoms with Gasteiger partial charge in [0, 0.05) is 6.61 Å². The summed E-state index contributed by atoms with van der Waals surface area (Å²) in [5.74, 6) is 10.8. The molecule has 0 radical (unpaired) electrons. The summed E-state index contributed by atoms with van der Waals surface area (Å²) in [4.78, 5) is 11.2. The van der Waals surface area contributed by atoms with Gasteiger partial charge in [-0.1, -0.05) is 61.8 Å². The van der Waals surface area contributed by atoms with Crippen molar-refractivity contribution in [2.75, 3.05) is 6.61 Å². The first-order valence-corrected chi connectivity index (χ1v) is 30.8. The van der Waals surface area contributed by atoms with E-state index in [0.717, 1.165) is 77.4 Å². The fourth-order valence-corrected chi connectivity index (χ4v) is 22.5. The van der Waals surface area contributed by atoms with Crippen LogP contribution in [0.5, 0.6) is 0 Å². The van der Waals surface area contributed by atoms with Gasteiger partial charge >= 0.3 is 225 Å². The molecule has 0 spiro atoms. The quantitative estimate of drug-likeness (QED) is 0.0790. The van der Waals surface area contributed by atoms with Gasteiger partial charge in [0.1, 0.15) is 0 Å². The molecule has 8 aliphatic carbocycles. The number of nitrogens with zero attached hydrogens (tertiary/aromatic N) is 1. The van der Waals surface area contributed by atoms with Crippen molar-refractivity contribution in [3.8, 4) is 0 Å². The number of nitro groups is 1. The average Bonchev–Trinajstić information content (AvgIpc) is 3.85. The number of hydrogen-bond donors (Lipinski definition) is 3. The van der Waals surface area contributed by atoms with E-state index in [2.05, 4.69) is 69.2 Å². The molecule has 0 aromatic heterocycles. The number of benzene rings is 1. The van der Waals surface area contributed by atoms with Crippen LogP contribution in [-0.2, 0) is 0 Å². The van der Waals surface area contributed by atoms with Crippen LogP contribution in [0.1, 0.15) is 205 Å². The number of rotatable bonds is 13. The van der Waals surface area contributed by atoms with Gasteiger partial charge in [0.05, 0.1) is 6.10 Å². The van der Waals surface area contributed by atoms with E-state index in [4.69, 9.17) is 0 Å². The molecule has 3 N–H and O–H groups in total. The normalized spacial score (nSPS) is 46.7. The minimum absolute atomic E-state index is 0. The molecule has 0 unspecified atom stereocenters. The van der Waals surface area contributed by atoms with E-state index in [1.54, 1.807) is 12.1 Å². The van der Waals surface area contributed by atoms with Crippen LogP contribution < -0.4 is 4.46 Å². The van der Waals surface area contributed by atoms with Gasteiger partial charge in [-0.25, -0.2) is 0 Å². The third kappa shape index (κ3) is 9.55. The third-order valence-electron chi connectivity index (χ3n) is 23.8. The zero-order chi connectivity index (χ0) is 48.2. The van der Waals surface area contributed by atoms with Gasteiger partial charge < -0.3 is 10.2 Å². The summed E-state index contributed by atoms with van der Waals surface area (Å²) in [7, 11) is 0. The maximum absolute atomic E-state index is 12.0. The molecule has 22 atom stereocenters. The maximum atomic E-state index is 12.0. The van der Waals surface area contributed by atoms with E-state index < -0.39 is 0 Å². The van der Waals surface area contributed by atoms with Gasteiger partial charge in [0.15, 0.2) is 0 Å². The molecule has 8 aliphatic rings. The molecule has 68 heavy (non-hydrogen) atoms. The molecule has 0 amide bonds. The topological polar surface area (TPSA) is 104 Å². The van der Waals surface area contributed by atoms with Crippen LogP contribution in [0.3, 0.4) is 0 Å². The molecule has 1 aromatic carbocycles. The monoisotopic (exact) mass is 1010 g/mol. The molecule has 7 heteroatoms. The van der Waals surface area contributed by atoms with E-state index in [-0.39, 0.29) is 39.5 Å². The summed E-state index contributed by atoms with van der Waals surface area (Å²) in [6, 6.07) is 7.30. The number of fused-ring (bicyclic) bond motifs is 10. The Hall–Kier alpha value is -0.981. The molecule has 0 saturated heterocycles. The zero-order valence-electron chi connectivity index (χ0n) is 44.3. The first kappa shape index (κ1) is 54.8. The van der Waals surface area contributed by atoms with Gasteiger partial charge in [-0.05, 0) is 115 Å². The molecule has 1 aromatic rings. The average molecular weight is 1010 g/mol. The van der Waals surface area contributed by atoms with Crippen LogP contribution >= 0.6 is 0 Å². The van der Waals surface area contributed by atoms with Crippen molar-refractivity contribution < 1.29 is 20.2 Å². The number of aliphatic hydroxyl groups excluding tert-OH is 3. The van der Waals surface area contributed by atoms with E-state index in [1.165, 1.54) is 96.3 Å². The Morgan fingerprint density at radius 1 is 0.647 bits per heavy atom. The summed E-state index contributed by atoms with van der Waals surface area (Å²) in [5.41, 5.74) is 1.93. The van der Waals surface area contributed by atoms with Crippen LogP contribution in [0, 0.1) is 126 Å². The van der Waals surface area contributed by atoms with Gasteiger partial charge in [-0.15, -0.1) is 0 Å². The molecule has 388 valence electrons. The predicted octanol–water partition coefficient (Wildman–Crippen LogP) is 14.6. The fourth-order valence-electron chi connectivity index (χ4n) is 20.4. The molecule has 8 fully saturated rings. The van der Waals surface area contributed by atoms with E-state index in [9.17, 15) is 25.4 Å². The second-order valence-corrected chi connectivity index (χ2v) is 29.1. The van der Waals surface area contributed by atoms with Crippen molar-refractivity contribution in [3.05, 3.63) is 34.4 Å². The van der Waals surface area contributed by atoms with Crippen LogP contribution in [0.15, 0.2) is 24.3 Å². The van der Waals surface area contributed by atoms with Gasteiger partial charge in [0.2, 0.25) is 0 Å². The molecule has 0 bridgehead atoms. The second-order valence-electron chi connectivity index (χ2n) is 26.7. The van der Waals surface area contributed by atoms with Gasteiger partial charge in [-0.3, -0.25) is 0 Å². The summed E-state index contributed by atoms with van der Waals surface area (Å²) in [5, 5.41) is 45.6. The molecule has 6 nitrogen and oxygen atoms in total. The summed E-state index contributed by atoms with van der Waals surface area (Å²) in [6.07, 6.45) is 25.4. The Morgan fingerprint density at radius 3 is 1.51 bits per heavy atom. The Bertz CT molecular complexity index is 1830. The third-order valence-corrected chi connectivity index (χ3v) is 26.2. The van der Waals surface area contributed by atoms with Crippen LogP contribution in [0.2, 0.25) is 5.32 Å². The van der Waals surface area contributed by atoms with Crippen LogP contribution in [-0.4, -0.2) is 54.0 Å². The number of nitro benzene ring substituents is 1. The predicted molar refractivity (Wildman–Crippen MR) is 284 cm³/mol. The van der Waals surface area contributed by atoms with E-state index in [1.807, 2.05) is 12.1 Å². The van der Waals surface area contributed by atoms with Gasteiger partial charge in [0.25, 0.3) is 0 Å². The van der Waals surface area contributed by atoms with Crippen LogP contribution in [0.4, 0.5) is 5.69 Å². The Balaban J connectivity index is 0.000000205. The van der Waals surface area contributed by atoms with Crippen molar-refractivity contribution in [1.29, 1.82) is 0 Å². The SMILES string of the molecule is C.CC[C@H]1[C@@H](O)[C@@H]2[C@H](CC[C@]3(C)[C@@H]([C@H](C)CCCO)CC[C@@H]23)[C@@]2(C)CC[C@@H](C)C[C@@H]12.CC[C@H]1[C@@H](O)[C@@H]2[C@H](CC[C@]3(C)[C@@H]([C@H](C)CCC[Se]c4ccccc4[N+](=O)[O-])CC[C@@H]23)[C@@]2(C)CC[C@@H](C)C[C@@H]12. The first-order chi connectivity index (χ1) is 31.9. The molecular weight excluding hydrogens is 906 g/mol. The van der Waals surface area contributed by atoms with Crippen molar-refractivity contribution in [2.24, 2.45) is 116 Å². The van der Waals surface area contributed by atoms with E-state index >= 15 is 0 Å². The van der Waals surface area contributed by atoms with Crippen molar-refractivity contribution in [3.63, 3.8) is 0 Å². The molecule has 8 saturated carbocycles. The van der Waals surface area contributed by atoms with Gasteiger partial charge in [-0.2, -0.15) is 0 Å². The minimum atomic E-state index is -0.227. The molecule has 9 rings (SSSR count). The Morgan fingerprint density at radius 2 is 1.07 bits per heavy atom.